The molecule has 0 radical (unpaired) electrons. The zero-order valence-corrected chi connectivity index (χ0v) is 12.4. The Morgan fingerprint density at radius 1 is 1.10 bits per heavy atom. The van der Waals surface area contributed by atoms with E-state index in [4.69, 9.17) is 16.3 Å². The number of amides is 1. The molecule has 0 saturated heterocycles. The summed E-state index contributed by atoms with van der Waals surface area (Å²) in [5, 5.41) is 3.28. The second-order valence-corrected chi connectivity index (χ2v) is 5.01. The summed E-state index contributed by atoms with van der Waals surface area (Å²) in [6, 6.07) is 10.8. The zero-order valence-electron chi connectivity index (χ0n) is 11.7. The van der Waals surface area contributed by atoms with Gasteiger partial charge in [-0.2, -0.15) is 0 Å². The summed E-state index contributed by atoms with van der Waals surface area (Å²) >= 11 is 6.03. The van der Waals surface area contributed by atoms with E-state index >= 15 is 0 Å². The highest BCUT2D eigenvalue weighted by Crippen LogP contribution is 2.27. The molecule has 0 aliphatic heterocycles. The highest BCUT2D eigenvalue weighted by atomic mass is 35.5. The molecule has 0 fully saturated rings. The lowest BCUT2D eigenvalue weighted by atomic mass is 10.1. The number of carbonyl (C=O) groups excluding carboxylic acids is 1. The number of anilines is 1. The summed E-state index contributed by atoms with van der Waals surface area (Å²) < 4.78 is 5.07. The molecular weight excluding hydrogens is 274 g/mol. The molecule has 1 amide bonds. The maximum atomic E-state index is 12.2. The molecule has 0 atom stereocenters. The maximum absolute atomic E-state index is 12.2. The first-order valence-electron chi connectivity index (χ1n) is 6.23. The normalized spacial score (nSPS) is 10.2. The average Bonchev–Trinajstić information content (AvgIpc) is 2.42. The van der Waals surface area contributed by atoms with E-state index in [1.807, 2.05) is 32.0 Å². The first-order chi connectivity index (χ1) is 9.51. The van der Waals surface area contributed by atoms with Crippen LogP contribution in [0.3, 0.4) is 0 Å². The number of hydrogen-bond donors (Lipinski definition) is 1. The summed E-state index contributed by atoms with van der Waals surface area (Å²) in [5.41, 5.74) is 3.51. The molecule has 0 heterocycles. The quantitative estimate of drug-likeness (QED) is 0.919. The lowest BCUT2D eigenvalue weighted by molar-refractivity contribution is 0.102. The highest BCUT2D eigenvalue weighted by Gasteiger charge is 2.08. The van der Waals surface area contributed by atoms with Gasteiger partial charge in [0.25, 0.3) is 5.91 Å². The van der Waals surface area contributed by atoms with Gasteiger partial charge >= 0.3 is 0 Å². The number of rotatable bonds is 3. The molecule has 0 aliphatic carbocycles. The molecule has 0 bridgehead atoms. The molecule has 0 aliphatic rings. The molecular formula is C16H16ClNO2. The van der Waals surface area contributed by atoms with E-state index in [0.717, 1.165) is 11.1 Å². The Hall–Kier alpha value is -2.00. The van der Waals surface area contributed by atoms with Crippen LogP contribution in [0.15, 0.2) is 36.4 Å². The van der Waals surface area contributed by atoms with Gasteiger partial charge in [-0.05, 0) is 55.3 Å². The number of benzene rings is 2. The van der Waals surface area contributed by atoms with Gasteiger partial charge < -0.3 is 10.1 Å². The van der Waals surface area contributed by atoms with Crippen LogP contribution in [0, 0.1) is 13.8 Å². The predicted molar refractivity (Wildman–Crippen MR) is 81.9 cm³/mol. The smallest absolute Gasteiger partial charge is 0.255 e. The number of halogens is 1. The first-order valence-corrected chi connectivity index (χ1v) is 6.61. The summed E-state index contributed by atoms with van der Waals surface area (Å²) in [6.07, 6.45) is 0. The van der Waals surface area contributed by atoms with Gasteiger partial charge in [-0.3, -0.25) is 4.79 Å². The van der Waals surface area contributed by atoms with Crippen molar-refractivity contribution in [3.63, 3.8) is 0 Å². The van der Waals surface area contributed by atoms with E-state index in [1.165, 1.54) is 0 Å². The van der Waals surface area contributed by atoms with Crippen LogP contribution in [0.5, 0.6) is 5.75 Å². The number of aryl methyl sites for hydroxylation is 2. The Morgan fingerprint density at radius 3 is 2.45 bits per heavy atom. The fourth-order valence-electron chi connectivity index (χ4n) is 1.83. The third kappa shape index (κ3) is 3.11. The van der Waals surface area contributed by atoms with E-state index in [1.54, 1.807) is 25.3 Å². The van der Waals surface area contributed by atoms with Crippen molar-refractivity contribution < 1.29 is 9.53 Å². The van der Waals surface area contributed by atoms with Crippen LogP contribution in [-0.2, 0) is 0 Å². The highest BCUT2D eigenvalue weighted by molar-refractivity contribution is 6.32. The van der Waals surface area contributed by atoms with Crippen LogP contribution in [0.25, 0.3) is 0 Å². The van der Waals surface area contributed by atoms with Gasteiger partial charge in [-0.15, -0.1) is 0 Å². The van der Waals surface area contributed by atoms with Gasteiger partial charge in [-0.25, -0.2) is 0 Å². The van der Waals surface area contributed by atoms with Gasteiger partial charge in [-0.1, -0.05) is 17.7 Å². The number of methoxy groups -OCH3 is 1. The van der Waals surface area contributed by atoms with Gasteiger partial charge in [0, 0.05) is 11.3 Å². The standard InChI is InChI=1S/C16H16ClNO2/c1-10-4-5-12(8-11(10)2)16(19)18-13-6-7-15(20-3)14(17)9-13/h4-9H,1-3H3,(H,18,19). The fourth-order valence-corrected chi connectivity index (χ4v) is 2.09. The van der Waals surface area contributed by atoms with E-state index in [2.05, 4.69) is 5.32 Å². The fraction of sp³-hybridized carbons (Fsp3) is 0.188. The molecule has 1 N–H and O–H groups in total. The van der Waals surface area contributed by atoms with Crippen LogP contribution in [0.4, 0.5) is 5.69 Å². The minimum absolute atomic E-state index is 0.158. The number of hydrogen-bond acceptors (Lipinski definition) is 2. The SMILES string of the molecule is COc1ccc(NC(=O)c2ccc(C)c(C)c2)cc1Cl. The minimum atomic E-state index is -0.158. The minimum Gasteiger partial charge on any atom is -0.495 e. The van der Waals surface area contributed by atoms with E-state index in [0.29, 0.717) is 22.0 Å². The molecule has 4 heteroatoms. The monoisotopic (exact) mass is 289 g/mol. The van der Waals surface area contributed by atoms with Crippen molar-refractivity contribution in [1.29, 1.82) is 0 Å². The van der Waals surface area contributed by atoms with E-state index < -0.39 is 0 Å². The summed E-state index contributed by atoms with van der Waals surface area (Å²) in [4.78, 5) is 12.2. The summed E-state index contributed by atoms with van der Waals surface area (Å²) in [5.74, 6) is 0.421. The molecule has 104 valence electrons. The molecule has 20 heavy (non-hydrogen) atoms. The van der Waals surface area contributed by atoms with Gasteiger partial charge in [0.05, 0.1) is 12.1 Å². The molecule has 0 saturated carbocycles. The number of carbonyl (C=O) groups is 1. The van der Waals surface area contributed by atoms with Crippen molar-refractivity contribution in [2.75, 3.05) is 12.4 Å². The van der Waals surface area contributed by atoms with Crippen molar-refractivity contribution >= 4 is 23.2 Å². The Labute approximate surface area is 123 Å². The Kier molecular flexibility index (Phi) is 4.30. The Morgan fingerprint density at radius 2 is 1.85 bits per heavy atom. The van der Waals surface area contributed by atoms with E-state index in [-0.39, 0.29) is 5.91 Å². The maximum Gasteiger partial charge on any atom is 0.255 e. The summed E-state index contributed by atoms with van der Waals surface area (Å²) in [6.45, 7) is 4.00. The molecule has 0 unspecified atom stereocenters. The number of nitrogens with one attached hydrogen (secondary N) is 1. The van der Waals surface area contributed by atoms with Gasteiger partial charge in [0.2, 0.25) is 0 Å². The van der Waals surface area contributed by atoms with Crippen molar-refractivity contribution in [1.82, 2.24) is 0 Å². The van der Waals surface area contributed by atoms with Crippen molar-refractivity contribution in [3.8, 4) is 5.75 Å². The third-order valence-electron chi connectivity index (χ3n) is 3.18. The molecule has 2 rings (SSSR count). The van der Waals surface area contributed by atoms with Crippen LogP contribution in [0.1, 0.15) is 21.5 Å². The molecule has 2 aromatic carbocycles. The van der Waals surface area contributed by atoms with Crippen molar-refractivity contribution in [2.45, 2.75) is 13.8 Å². The second-order valence-electron chi connectivity index (χ2n) is 4.60. The van der Waals surface area contributed by atoms with Crippen LogP contribution in [0.2, 0.25) is 5.02 Å². The second kappa shape index (κ2) is 5.97. The third-order valence-corrected chi connectivity index (χ3v) is 3.47. The lowest BCUT2D eigenvalue weighted by Gasteiger charge is -2.09. The van der Waals surface area contributed by atoms with Crippen LogP contribution in [-0.4, -0.2) is 13.0 Å². The molecule has 0 spiro atoms. The van der Waals surface area contributed by atoms with Gasteiger partial charge in [0.15, 0.2) is 0 Å². The molecule has 3 nitrogen and oxygen atoms in total. The topological polar surface area (TPSA) is 38.3 Å². The largest absolute Gasteiger partial charge is 0.495 e. The molecule has 2 aromatic rings. The molecule has 0 aromatic heterocycles. The lowest BCUT2D eigenvalue weighted by Crippen LogP contribution is -2.12. The zero-order chi connectivity index (χ0) is 14.7. The average molecular weight is 290 g/mol. The Balaban J connectivity index is 2.19. The number of ether oxygens (including phenoxy) is 1. The van der Waals surface area contributed by atoms with Gasteiger partial charge in [0.1, 0.15) is 5.75 Å². The van der Waals surface area contributed by atoms with Crippen molar-refractivity contribution in [3.05, 3.63) is 58.1 Å². The predicted octanol–water partition coefficient (Wildman–Crippen LogP) is 4.22. The van der Waals surface area contributed by atoms with Crippen LogP contribution < -0.4 is 10.1 Å². The summed E-state index contributed by atoms with van der Waals surface area (Å²) in [7, 11) is 1.55. The Bertz CT molecular complexity index is 653. The first kappa shape index (κ1) is 14.4. The van der Waals surface area contributed by atoms with E-state index in [9.17, 15) is 4.79 Å². The van der Waals surface area contributed by atoms with Crippen LogP contribution >= 0.6 is 11.6 Å². The van der Waals surface area contributed by atoms with Crippen molar-refractivity contribution in [2.24, 2.45) is 0 Å².